The van der Waals surface area contributed by atoms with E-state index in [2.05, 4.69) is 10.5 Å². The summed E-state index contributed by atoms with van der Waals surface area (Å²) in [5.41, 5.74) is 0.746. The Bertz CT molecular complexity index is 945. The Kier molecular flexibility index (Phi) is 5.93. The van der Waals surface area contributed by atoms with Crippen molar-refractivity contribution in [1.29, 1.82) is 0 Å². The molecule has 2 aromatic carbocycles. The second-order valence-electron chi connectivity index (χ2n) is 5.58. The minimum absolute atomic E-state index is 0.0518. The maximum Gasteiger partial charge on any atom is 0.273 e. The third kappa shape index (κ3) is 4.98. The molecule has 3 aromatic rings. The molecule has 0 atom stereocenters. The van der Waals surface area contributed by atoms with Crippen LogP contribution in [0, 0.1) is 5.82 Å². The third-order valence-electron chi connectivity index (χ3n) is 3.64. The highest BCUT2D eigenvalue weighted by molar-refractivity contribution is 6.32. The Balaban J connectivity index is 1.55. The molecule has 1 N–H and O–H groups in total. The smallest absolute Gasteiger partial charge is 0.273 e. The van der Waals surface area contributed by atoms with E-state index >= 15 is 0 Å². The van der Waals surface area contributed by atoms with Crippen molar-refractivity contribution in [3.63, 3.8) is 0 Å². The number of ether oxygens (including phenoxy) is 2. The van der Waals surface area contributed by atoms with Crippen molar-refractivity contribution < 1.29 is 23.2 Å². The number of carbonyl (C=O) groups excluding carboxylic acids is 1. The molecule has 27 heavy (non-hydrogen) atoms. The number of nitrogens with zero attached hydrogens (tertiary/aromatic N) is 1. The summed E-state index contributed by atoms with van der Waals surface area (Å²) >= 11 is 6.10. The summed E-state index contributed by atoms with van der Waals surface area (Å²) in [6.45, 7) is 0.229. The molecule has 0 unspecified atom stereocenters. The van der Waals surface area contributed by atoms with Crippen LogP contribution in [0.2, 0.25) is 5.02 Å². The molecule has 0 aliphatic heterocycles. The lowest BCUT2D eigenvalue weighted by molar-refractivity contribution is 0.0941. The van der Waals surface area contributed by atoms with E-state index in [9.17, 15) is 9.18 Å². The second kappa shape index (κ2) is 8.55. The summed E-state index contributed by atoms with van der Waals surface area (Å²) in [6.07, 6.45) is 0. The lowest BCUT2D eigenvalue weighted by Crippen LogP contribution is -2.23. The fourth-order valence-electron chi connectivity index (χ4n) is 2.28. The monoisotopic (exact) mass is 390 g/mol. The zero-order chi connectivity index (χ0) is 19.2. The number of benzene rings is 2. The van der Waals surface area contributed by atoms with Gasteiger partial charge in [0, 0.05) is 18.7 Å². The minimum Gasteiger partial charge on any atom is -0.497 e. The van der Waals surface area contributed by atoms with Crippen molar-refractivity contribution in [2.24, 2.45) is 0 Å². The zero-order valence-corrected chi connectivity index (χ0v) is 15.1. The predicted octanol–water partition coefficient (Wildman–Crippen LogP) is 3.98. The summed E-state index contributed by atoms with van der Waals surface area (Å²) in [4.78, 5) is 12.1. The van der Waals surface area contributed by atoms with E-state index in [1.807, 2.05) is 0 Å². The van der Waals surface area contributed by atoms with Crippen LogP contribution in [0.25, 0.3) is 0 Å². The summed E-state index contributed by atoms with van der Waals surface area (Å²) in [6, 6.07) is 12.5. The van der Waals surface area contributed by atoms with E-state index in [0.717, 1.165) is 0 Å². The highest BCUT2D eigenvalue weighted by Crippen LogP contribution is 2.29. The number of aromatic nitrogens is 1. The van der Waals surface area contributed by atoms with Crippen molar-refractivity contribution in [3.8, 4) is 11.5 Å². The van der Waals surface area contributed by atoms with Crippen molar-refractivity contribution in [2.75, 3.05) is 7.11 Å². The van der Waals surface area contributed by atoms with Crippen LogP contribution < -0.4 is 14.8 Å². The fraction of sp³-hybridized carbons (Fsp3) is 0.158. The molecule has 0 saturated carbocycles. The molecule has 140 valence electrons. The van der Waals surface area contributed by atoms with Gasteiger partial charge >= 0.3 is 0 Å². The molecule has 1 aromatic heterocycles. The minimum atomic E-state index is -0.434. The van der Waals surface area contributed by atoms with Crippen molar-refractivity contribution in [2.45, 2.75) is 13.2 Å². The number of hydrogen-bond acceptors (Lipinski definition) is 5. The second-order valence-corrected chi connectivity index (χ2v) is 5.98. The highest BCUT2D eigenvalue weighted by atomic mass is 35.5. The Morgan fingerprint density at radius 3 is 2.85 bits per heavy atom. The quantitative estimate of drug-likeness (QED) is 0.660. The van der Waals surface area contributed by atoms with Crippen LogP contribution in [-0.4, -0.2) is 18.2 Å². The van der Waals surface area contributed by atoms with Gasteiger partial charge in [0.15, 0.2) is 11.5 Å². The molecule has 0 aliphatic carbocycles. The topological polar surface area (TPSA) is 73.6 Å². The molecule has 3 rings (SSSR count). The average Bonchev–Trinajstić information content (AvgIpc) is 3.14. The van der Waals surface area contributed by atoms with E-state index in [1.54, 1.807) is 37.4 Å². The van der Waals surface area contributed by atoms with Gasteiger partial charge in [-0.05, 0) is 29.8 Å². The molecule has 0 fully saturated rings. The van der Waals surface area contributed by atoms with Crippen LogP contribution in [0.5, 0.6) is 11.5 Å². The van der Waals surface area contributed by atoms with Gasteiger partial charge in [0.1, 0.15) is 23.9 Å². The first-order chi connectivity index (χ1) is 13.0. The SMILES string of the molecule is COc1ccc(OCc2cc(C(=O)NCc3cccc(F)c3)no2)c(Cl)c1. The maximum absolute atomic E-state index is 13.1. The van der Waals surface area contributed by atoms with Crippen molar-refractivity contribution >= 4 is 17.5 Å². The summed E-state index contributed by atoms with van der Waals surface area (Å²) in [5.74, 6) is 0.629. The number of hydrogen-bond donors (Lipinski definition) is 1. The molecule has 0 radical (unpaired) electrons. The standard InChI is InChI=1S/C19H16ClFN2O4/c1-25-14-5-6-18(16(20)8-14)26-11-15-9-17(23-27-15)19(24)22-10-12-3-2-4-13(21)7-12/h2-9H,10-11H2,1H3,(H,22,24). The number of rotatable bonds is 7. The highest BCUT2D eigenvalue weighted by Gasteiger charge is 2.13. The molecule has 1 heterocycles. The summed E-state index contributed by atoms with van der Waals surface area (Å²) < 4.78 is 28.9. The summed E-state index contributed by atoms with van der Waals surface area (Å²) in [7, 11) is 1.54. The molecule has 0 saturated heterocycles. The van der Waals surface area contributed by atoms with Crippen LogP contribution in [0.1, 0.15) is 21.8 Å². The van der Waals surface area contributed by atoms with E-state index < -0.39 is 5.91 Å². The number of methoxy groups -OCH3 is 1. The largest absolute Gasteiger partial charge is 0.497 e. The van der Waals surface area contributed by atoms with Crippen LogP contribution in [0.4, 0.5) is 4.39 Å². The van der Waals surface area contributed by atoms with Crippen LogP contribution in [0.3, 0.4) is 0 Å². The van der Waals surface area contributed by atoms with Crippen molar-refractivity contribution in [1.82, 2.24) is 10.5 Å². The predicted molar refractivity (Wildman–Crippen MR) is 96.4 cm³/mol. The Morgan fingerprint density at radius 1 is 1.26 bits per heavy atom. The van der Waals surface area contributed by atoms with Crippen molar-refractivity contribution in [3.05, 3.63) is 76.4 Å². The third-order valence-corrected chi connectivity index (χ3v) is 3.94. The molecule has 8 heteroatoms. The first-order valence-electron chi connectivity index (χ1n) is 7.99. The maximum atomic E-state index is 13.1. The van der Waals surface area contributed by atoms with Gasteiger partial charge in [-0.2, -0.15) is 0 Å². The molecular weight excluding hydrogens is 375 g/mol. The normalized spacial score (nSPS) is 10.5. The Hall–Kier alpha value is -3.06. The van der Waals surface area contributed by atoms with Gasteiger partial charge in [0.05, 0.1) is 12.1 Å². The molecular formula is C19H16ClFN2O4. The van der Waals surface area contributed by atoms with Gasteiger partial charge in [-0.1, -0.05) is 28.9 Å². The van der Waals surface area contributed by atoms with Crippen LogP contribution in [0.15, 0.2) is 53.1 Å². The van der Waals surface area contributed by atoms with E-state index in [0.29, 0.717) is 27.8 Å². The van der Waals surface area contributed by atoms with Gasteiger partial charge in [-0.25, -0.2) is 4.39 Å². The molecule has 0 bridgehead atoms. The number of amides is 1. The Morgan fingerprint density at radius 2 is 2.11 bits per heavy atom. The van der Waals surface area contributed by atoms with Gasteiger partial charge in [-0.15, -0.1) is 0 Å². The van der Waals surface area contributed by atoms with Gasteiger partial charge in [0.25, 0.3) is 5.91 Å². The summed E-state index contributed by atoms with van der Waals surface area (Å²) in [5, 5.41) is 6.75. The van der Waals surface area contributed by atoms with Crippen LogP contribution >= 0.6 is 11.6 Å². The van der Waals surface area contributed by atoms with Crippen LogP contribution in [-0.2, 0) is 13.2 Å². The first kappa shape index (κ1) is 18.7. The molecule has 1 amide bonds. The molecule has 0 aliphatic rings. The number of halogens is 2. The molecule has 0 spiro atoms. The first-order valence-corrected chi connectivity index (χ1v) is 8.37. The van der Waals surface area contributed by atoms with Gasteiger partial charge < -0.3 is 19.3 Å². The average molecular weight is 391 g/mol. The lowest BCUT2D eigenvalue weighted by atomic mass is 10.2. The fourth-order valence-corrected chi connectivity index (χ4v) is 2.51. The number of nitrogens with one attached hydrogen (secondary N) is 1. The zero-order valence-electron chi connectivity index (χ0n) is 14.4. The van der Waals surface area contributed by atoms with E-state index in [1.165, 1.54) is 18.2 Å². The van der Waals surface area contributed by atoms with E-state index in [4.69, 9.17) is 25.6 Å². The van der Waals surface area contributed by atoms with E-state index in [-0.39, 0.29) is 24.7 Å². The van der Waals surface area contributed by atoms with Gasteiger partial charge in [-0.3, -0.25) is 4.79 Å². The lowest BCUT2D eigenvalue weighted by Gasteiger charge is -2.07. The molecule has 6 nitrogen and oxygen atoms in total. The number of carbonyl (C=O) groups is 1. The Labute approximate surface area is 159 Å². The van der Waals surface area contributed by atoms with Gasteiger partial charge in [0.2, 0.25) is 0 Å².